The molecule has 0 aliphatic rings. The van der Waals surface area contributed by atoms with Gasteiger partial charge in [0.15, 0.2) is 0 Å². The van der Waals surface area contributed by atoms with E-state index in [0.717, 1.165) is 6.42 Å². The van der Waals surface area contributed by atoms with Crippen LogP contribution in [-0.2, 0) is 14.8 Å². The molecular formula is C13H18BrNO4S. The summed E-state index contributed by atoms with van der Waals surface area (Å²) in [5.74, 6) is 0.299. The Kier molecular flexibility index (Phi) is 7.22. The van der Waals surface area contributed by atoms with Crippen molar-refractivity contribution in [3.8, 4) is 5.75 Å². The lowest BCUT2D eigenvalue weighted by atomic mass is 10.3. The molecule has 7 heteroatoms. The zero-order valence-electron chi connectivity index (χ0n) is 11.3. The van der Waals surface area contributed by atoms with E-state index in [1.165, 1.54) is 13.2 Å². The SMILES string of the molecule is C=CCCOCCNS(=O)(=O)c1cc(Br)ccc1OC. The van der Waals surface area contributed by atoms with Gasteiger partial charge in [-0.2, -0.15) is 0 Å². The van der Waals surface area contributed by atoms with Crippen LogP contribution in [0.2, 0.25) is 0 Å². The van der Waals surface area contributed by atoms with Gasteiger partial charge in [-0.3, -0.25) is 0 Å². The van der Waals surface area contributed by atoms with E-state index in [-0.39, 0.29) is 11.4 Å². The van der Waals surface area contributed by atoms with Gasteiger partial charge in [-0.1, -0.05) is 22.0 Å². The number of nitrogens with one attached hydrogen (secondary N) is 1. The summed E-state index contributed by atoms with van der Waals surface area (Å²) in [4.78, 5) is 0.0977. The van der Waals surface area contributed by atoms with Crippen molar-refractivity contribution >= 4 is 26.0 Å². The average molecular weight is 364 g/mol. The molecule has 0 radical (unpaired) electrons. The first kappa shape index (κ1) is 17.2. The second-order valence-electron chi connectivity index (χ2n) is 3.88. The van der Waals surface area contributed by atoms with E-state index >= 15 is 0 Å². The zero-order valence-corrected chi connectivity index (χ0v) is 13.7. The molecule has 0 spiro atoms. The Morgan fingerprint density at radius 3 is 2.80 bits per heavy atom. The maximum absolute atomic E-state index is 12.2. The lowest BCUT2D eigenvalue weighted by molar-refractivity contribution is 0.144. The van der Waals surface area contributed by atoms with Crippen LogP contribution in [0.4, 0.5) is 0 Å². The summed E-state index contributed by atoms with van der Waals surface area (Å²) >= 11 is 3.25. The van der Waals surface area contributed by atoms with Crippen LogP contribution in [-0.4, -0.2) is 35.3 Å². The smallest absolute Gasteiger partial charge is 0.244 e. The van der Waals surface area contributed by atoms with Gasteiger partial charge < -0.3 is 9.47 Å². The van der Waals surface area contributed by atoms with Crippen LogP contribution in [0, 0.1) is 0 Å². The molecule has 1 aromatic rings. The van der Waals surface area contributed by atoms with E-state index < -0.39 is 10.0 Å². The Bertz CT molecular complexity index is 545. The van der Waals surface area contributed by atoms with Crippen LogP contribution < -0.4 is 9.46 Å². The maximum Gasteiger partial charge on any atom is 0.244 e. The van der Waals surface area contributed by atoms with Crippen LogP contribution in [0.1, 0.15) is 6.42 Å². The summed E-state index contributed by atoms with van der Waals surface area (Å²) in [5.41, 5.74) is 0. The molecule has 1 N–H and O–H groups in total. The summed E-state index contributed by atoms with van der Waals surface area (Å²) < 4.78 is 37.8. The third-order valence-corrected chi connectivity index (χ3v) is 4.40. The van der Waals surface area contributed by atoms with E-state index in [0.29, 0.717) is 23.4 Å². The molecule has 112 valence electrons. The molecule has 0 heterocycles. The maximum atomic E-state index is 12.2. The van der Waals surface area contributed by atoms with Crippen LogP contribution >= 0.6 is 15.9 Å². The van der Waals surface area contributed by atoms with E-state index in [1.54, 1.807) is 18.2 Å². The van der Waals surface area contributed by atoms with E-state index in [4.69, 9.17) is 9.47 Å². The molecule has 0 aromatic heterocycles. The predicted octanol–water partition coefficient (Wildman–Crippen LogP) is 2.33. The fourth-order valence-corrected chi connectivity index (χ4v) is 3.17. The van der Waals surface area contributed by atoms with Gasteiger partial charge in [0.25, 0.3) is 0 Å². The number of benzene rings is 1. The van der Waals surface area contributed by atoms with E-state index in [1.807, 2.05) is 0 Å². The molecule has 0 aliphatic heterocycles. The first-order chi connectivity index (χ1) is 9.51. The second-order valence-corrected chi connectivity index (χ2v) is 6.53. The molecule has 0 aliphatic carbocycles. The summed E-state index contributed by atoms with van der Waals surface area (Å²) in [6, 6.07) is 4.81. The third-order valence-electron chi connectivity index (χ3n) is 2.42. The monoisotopic (exact) mass is 363 g/mol. The lowest BCUT2D eigenvalue weighted by Gasteiger charge is -2.11. The number of methoxy groups -OCH3 is 1. The van der Waals surface area contributed by atoms with Gasteiger partial charge in [0.1, 0.15) is 10.6 Å². The van der Waals surface area contributed by atoms with Gasteiger partial charge in [-0.25, -0.2) is 13.1 Å². The van der Waals surface area contributed by atoms with Gasteiger partial charge in [0.05, 0.1) is 20.3 Å². The highest BCUT2D eigenvalue weighted by atomic mass is 79.9. The van der Waals surface area contributed by atoms with Gasteiger partial charge in [-0.05, 0) is 24.6 Å². The number of hydrogen-bond donors (Lipinski definition) is 1. The van der Waals surface area contributed by atoms with E-state index in [2.05, 4.69) is 27.2 Å². The molecule has 0 amide bonds. The first-order valence-electron chi connectivity index (χ1n) is 6.03. The van der Waals surface area contributed by atoms with Crippen molar-refractivity contribution in [3.05, 3.63) is 35.3 Å². The summed E-state index contributed by atoms with van der Waals surface area (Å²) in [6.07, 6.45) is 2.49. The van der Waals surface area contributed by atoms with Crippen LogP contribution in [0.15, 0.2) is 40.2 Å². The minimum atomic E-state index is -3.62. The predicted molar refractivity (Wildman–Crippen MR) is 81.5 cm³/mol. The fourth-order valence-electron chi connectivity index (χ4n) is 1.46. The normalized spacial score (nSPS) is 11.3. The van der Waals surface area contributed by atoms with Crippen molar-refractivity contribution in [3.63, 3.8) is 0 Å². The Morgan fingerprint density at radius 2 is 2.15 bits per heavy atom. The topological polar surface area (TPSA) is 64.6 Å². The average Bonchev–Trinajstić information content (AvgIpc) is 2.42. The van der Waals surface area contributed by atoms with Gasteiger partial charge in [0, 0.05) is 11.0 Å². The van der Waals surface area contributed by atoms with Crippen molar-refractivity contribution < 1.29 is 17.9 Å². The Labute approximate surface area is 128 Å². The molecule has 1 aromatic carbocycles. The molecule has 0 unspecified atom stereocenters. The molecule has 0 atom stereocenters. The Balaban J connectivity index is 2.64. The summed E-state index contributed by atoms with van der Waals surface area (Å²) in [6.45, 7) is 4.62. The van der Waals surface area contributed by atoms with Gasteiger partial charge in [0.2, 0.25) is 10.0 Å². The van der Waals surface area contributed by atoms with Crippen molar-refractivity contribution in [2.24, 2.45) is 0 Å². The summed E-state index contributed by atoms with van der Waals surface area (Å²) in [7, 11) is -2.19. The molecule has 20 heavy (non-hydrogen) atoms. The molecule has 5 nitrogen and oxygen atoms in total. The van der Waals surface area contributed by atoms with Crippen LogP contribution in [0.25, 0.3) is 0 Å². The number of halogens is 1. The molecule has 1 rings (SSSR count). The molecule has 0 saturated carbocycles. The van der Waals surface area contributed by atoms with Crippen molar-refractivity contribution in [2.75, 3.05) is 26.9 Å². The third kappa shape index (κ3) is 5.24. The summed E-state index contributed by atoms with van der Waals surface area (Å²) in [5, 5.41) is 0. The van der Waals surface area contributed by atoms with Crippen molar-refractivity contribution in [1.82, 2.24) is 4.72 Å². The molecular weight excluding hydrogens is 346 g/mol. The Morgan fingerprint density at radius 1 is 1.40 bits per heavy atom. The van der Waals surface area contributed by atoms with Crippen molar-refractivity contribution in [1.29, 1.82) is 0 Å². The fraction of sp³-hybridized carbons (Fsp3) is 0.385. The largest absolute Gasteiger partial charge is 0.495 e. The second kappa shape index (κ2) is 8.41. The van der Waals surface area contributed by atoms with Gasteiger partial charge in [-0.15, -0.1) is 6.58 Å². The van der Waals surface area contributed by atoms with Crippen LogP contribution in [0.5, 0.6) is 5.75 Å². The number of hydrogen-bond acceptors (Lipinski definition) is 4. The molecule has 0 fully saturated rings. The minimum Gasteiger partial charge on any atom is -0.495 e. The highest BCUT2D eigenvalue weighted by Crippen LogP contribution is 2.26. The first-order valence-corrected chi connectivity index (χ1v) is 8.30. The van der Waals surface area contributed by atoms with Gasteiger partial charge >= 0.3 is 0 Å². The van der Waals surface area contributed by atoms with Crippen LogP contribution in [0.3, 0.4) is 0 Å². The Hall–Kier alpha value is -0.890. The van der Waals surface area contributed by atoms with Crippen molar-refractivity contribution in [2.45, 2.75) is 11.3 Å². The highest BCUT2D eigenvalue weighted by molar-refractivity contribution is 9.10. The number of sulfonamides is 1. The zero-order chi connectivity index (χ0) is 15.0. The molecule has 0 bridgehead atoms. The molecule has 0 saturated heterocycles. The highest BCUT2D eigenvalue weighted by Gasteiger charge is 2.19. The number of ether oxygens (including phenoxy) is 2. The minimum absolute atomic E-state index is 0.0977. The number of rotatable bonds is 9. The lowest BCUT2D eigenvalue weighted by Crippen LogP contribution is -2.28. The quantitative estimate of drug-likeness (QED) is 0.540. The van der Waals surface area contributed by atoms with E-state index in [9.17, 15) is 8.42 Å². The standard InChI is InChI=1S/C13H18BrNO4S/c1-3-4-8-19-9-7-15-20(16,17)13-10-11(14)5-6-12(13)18-2/h3,5-6,10,15H,1,4,7-9H2,2H3.